The van der Waals surface area contributed by atoms with Crippen molar-refractivity contribution < 1.29 is 14.3 Å². The summed E-state index contributed by atoms with van der Waals surface area (Å²) in [5.41, 5.74) is 1.46. The number of hydrogen-bond donors (Lipinski definition) is 1. The van der Waals surface area contributed by atoms with E-state index in [2.05, 4.69) is 15.5 Å². The van der Waals surface area contributed by atoms with Gasteiger partial charge in [-0.25, -0.2) is 0 Å². The number of nitrogens with zero attached hydrogens (tertiary/aromatic N) is 3. The first-order valence-corrected chi connectivity index (χ1v) is 8.04. The standard InChI is InChI=1S/C19H16N4O3/c1-23(14-5-3-2-4-6-14)18-10-9-17(21-22-18)20-19(24)13-7-8-15-16(11-13)26-12-25-15/h2-11H,12H2,1H3,(H,20,21,24). The highest BCUT2D eigenvalue weighted by molar-refractivity contribution is 6.04. The van der Waals surface area contributed by atoms with Gasteiger partial charge in [0.2, 0.25) is 6.79 Å². The van der Waals surface area contributed by atoms with Crippen molar-refractivity contribution in [1.82, 2.24) is 10.2 Å². The molecule has 1 aliphatic heterocycles. The molecule has 0 fully saturated rings. The summed E-state index contributed by atoms with van der Waals surface area (Å²) >= 11 is 0. The lowest BCUT2D eigenvalue weighted by Gasteiger charge is -2.17. The highest BCUT2D eigenvalue weighted by atomic mass is 16.7. The Morgan fingerprint density at radius 2 is 1.81 bits per heavy atom. The summed E-state index contributed by atoms with van der Waals surface area (Å²) in [6.45, 7) is 0.169. The molecular formula is C19H16N4O3. The van der Waals surface area contributed by atoms with Gasteiger partial charge in [0.15, 0.2) is 23.1 Å². The highest BCUT2D eigenvalue weighted by Crippen LogP contribution is 2.32. The van der Waals surface area contributed by atoms with E-state index in [4.69, 9.17) is 9.47 Å². The monoisotopic (exact) mass is 348 g/mol. The Morgan fingerprint density at radius 3 is 2.58 bits per heavy atom. The molecule has 26 heavy (non-hydrogen) atoms. The van der Waals surface area contributed by atoms with Crippen molar-refractivity contribution in [3.8, 4) is 11.5 Å². The van der Waals surface area contributed by atoms with E-state index in [1.165, 1.54) is 0 Å². The molecule has 0 aliphatic carbocycles. The number of ether oxygens (including phenoxy) is 2. The van der Waals surface area contributed by atoms with Gasteiger partial charge in [-0.05, 0) is 42.5 Å². The first-order chi connectivity index (χ1) is 12.7. The lowest BCUT2D eigenvalue weighted by Crippen LogP contribution is -2.15. The molecule has 130 valence electrons. The van der Waals surface area contributed by atoms with Crippen LogP contribution in [-0.2, 0) is 0 Å². The Kier molecular flexibility index (Phi) is 4.10. The smallest absolute Gasteiger partial charge is 0.257 e. The van der Waals surface area contributed by atoms with E-state index in [1.807, 2.05) is 42.3 Å². The van der Waals surface area contributed by atoms with E-state index in [0.29, 0.717) is 28.7 Å². The molecule has 0 unspecified atom stereocenters. The van der Waals surface area contributed by atoms with Crippen LogP contribution in [0.15, 0.2) is 60.7 Å². The fourth-order valence-corrected chi connectivity index (χ4v) is 2.58. The predicted molar refractivity (Wildman–Crippen MR) is 97.1 cm³/mol. The summed E-state index contributed by atoms with van der Waals surface area (Å²) in [5.74, 6) is 1.95. The Labute approximate surface area is 150 Å². The zero-order chi connectivity index (χ0) is 17.9. The molecule has 4 rings (SSSR count). The molecule has 0 saturated heterocycles. The van der Waals surface area contributed by atoms with Crippen LogP contribution in [0, 0.1) is 0 Å². The van der Waals surface area contributed by atoms with Gasteiger partial charge in [-0.3, -0.25) is 4.79 Å². The molecule has 2 heterocycles. The van der Waals surface area contributed by atoms with E-state index >= 15 is 0 Å². The molecule has 0 bridgehead atoms. The third-order valence-corrected chi connectivity index (χ3v) is 4.01. The van der Waals surface area contributed by atoms with Gasteiger partial charge in [0.25, 0.3) is 5.91 Å². The number of amides is 1. The molecule has 0 spiro atoms. The Hall–Kier alpha value is -3.61. The second kappa shape index (κ2) is 6.72. The van der Waals surface area contributed by atoms with Crippen molar-refractivity contribution in [2.45, 2.75) is 0 Å². The average molecular weight is 348 g/mol. The zero-order valence-corrected chi connectivity index (χ0v) is 14.0. The number of carbonyl (C=O) groups is 1. The molecule has 0 atom stereocenters. The molecule has 7 heteroatoms. The number of anilines is 3. The molecule has 7 nitrogen and oxygen atoms in total. The quantitative estimate of drug-likeness (QED) is 0.780. The summed E-state index contributed by atoms with van der Waals surface area (Å²) < 4.78 is 10.5. The summed E-state index contributed by atoms with van der Waals surface area (Å²) in [6, 6.07) is 18.4. The van der Waals surface area contributed by atoms with Crippen LogP contribution in [0.5, 0.6) is 11.5 Å². The van der Waals surface area contributed by atoms with Crippen LogP contribution in [0.4, 0.5) is 17.3 Å². The minimum absolute atomic E-state index is 0.169. The Morgan fingerprint density at radius 1 is 1.00 bits per heavy atom. The van der Waals surface area contributed by atoms with E-state index < -0.39 is 0 Å². The fourth-order valence-electron chi connectivity index (χ4n) is 2.58. The maximum atomic E-state index is 12.4. The zero-order valence-electron chi connectivity index (χ0n) is 14.0. The topological polar surface area (TPSA) is 76.6 Å². The minimum atomic E-state index is -0.290. The Bertz CT molecular complexity index is 929. The molecule has 0 radical (unpaired) electrons. The van der Waals surface area contributed by atoms with Crippen molar-refractivity contribution in [2.24, 2.45) is 0 Å². The van der Waals surface area contributed by atoms with Crippen molar-refractivity contribution in [3.05, 3.63) is 66.2 Å². The second-order valence-electron chi connectivity index (χ2n) is 5.69. The minimum Gasteiger partial charge on any atom is -0.454 e. The van der Waals surface area contributed by atoms with Gasteiger partial charge < -0.3 is 19.7 Å². The van der Waals surface area contributed by atoms with Crippen molar-refractivity contribution in [2.75, 3.05) is 24.1 Å². The predicted octanol–water partition coefficient (Wildman–Crippen LogP) is 3.23. The number of rotatable bonds is 4. The van der Waals surface area contributed by atoms with Crippen LogP contribution in [-0.4, -0.2) is 29.9 Å². The maximum Gasteiger partial charge on any atom is 0.257 e. The molecule has 1 N–H and O–H groups in total. The highest BCUT2D eigenvalue weighted by Gasteiger charge is 2.16. The number of nitrogens with one attached hydrogen (secondary N) is 1. The summed E-state index contributed by atoms with van der Waals surface area (Å²) in [7, 11) is 1.91. The van der Waals surface area contributed by atoms with Crippen LogP contribution >= 0.6 is 0 Å². The number of fused-ring (bicyclic) bond motifs is 1. The van der Waals surface area contributed by atoms with E-state index in [1.54, 1.807) is 30.3 Å². The van der Waals surface area contributed by atoms with Crippen molar-refractivity contribution in [3.63, 3.8) is 0 Å². The molecule has 0 saturated carbocycles. The molecule has 1 aliphatic rings. The normalized spacial score (nSPS) is 11.9. The Balaban J connectivity index is 1.46. The lowest BCUT2D eigenvalue weighted by atomic mass is 10.2. The number of carbonyl (C=O) groups excluding carboxylic acids is 1. The van der Waals surface area contributed by atoms with Gasteiger partial charge in [-0.1, -0.05) is 18.2 Å². The summed E-state index contributed by atoms with van der Waals surface area (Å²) in [6.07, 6.45) is 0. The number of benzene rings is 2. The van der Waals surface area contributed by atoms with Crippen LogP contribution in [0.1, 0.15) is 10.4 Å². The van der Waals surface area contributed by atoms with Gasteiger partial charge in [0.05, 0.1) is 0 Å². The molecule has 1 aromatic heterocycles. The van der Waals surface area contributed by atoms with Crippen LogP contribution in [0.25, 0.3) is 0 Å². The number of para-hydroxylation sites is 1. The number of hydrogen-bond acceptors (Lipinski definition) is 6. The SMILES string of the molecule is CN(c1ccccc1)c1ccc(NC(=O)c2ccc3c(c2)OCO3)nn1. The molecule has 3 aromatic rings. The van der Waals surface area contributed by atoms with Gasteiger partial charge in [-0.2, -0.15) is 0 Å². The van der Waals surface area contributed by atoms with Crippen LogP contribution in [0.2, 0.25) is 0 Å². The van der Waals surface area contributed by atoms with Gasteiger partial charge >= 0.3 is 0 Å². The fraction of sp³-hybridized carbons (Fsp3) is 0.105. The van der Waals surface area contributed by atoms with Gasteiger partial charge in [-0.15, -0.1) is 10.2 Å². The van der Waals surface area contributed by atoms with Gasteiger partial charge in [0.1, 0.15) is 0 Å². The average Bonchev–Trinajstić information content (AvgIpc) is 3.16. The summed E-state index contributed by atoms with van der Waals surface area (Å²) in [5, 5.41) is 11.0. The van der Waals surface area contributed by atoms with E-state index in [0.717, 1.165) is 5.69 Å². The first kappa shape index (κ1) is 15.9. The third-order valence-electron chi connectivity index (χ3n) is 4.01. The first-order valence-electron chi connectivity index (χ1n) is 8.04. The van der Waals surface area contributed by atoms with E-state index in [9.17, 15) is 4.79 Å². The molecule has 1 amide bonds. The maximum absolute atomic E-state index is 12.4. The lowest BCUT2D eigenvalue weighted by molar-refractivity contribution is 0.102. The van der Waals surface area contributed by atoms with Crippen molar-refractivity contribution in [1.29, 1.82) is 0 Å². The molecular weight excluding hydrogens is 332 g/mol. The van der Waals surface area contributed by atoms with Crippen LogP contribution < -0.4 is 19.7 Å². The van der Waals surface area contributed by atoms with Crippen molar-refractivity contribution >= 4 is 23.2 Å². The van der Waals surface area contributed by atoms with Gasteiger partial charge in [0, 0.05) is 18.3 Å². The largest absolute Gasteiger partial charge is 0.454 e. The van der Waals surface area contributed by atoms with Crippen LogP contribution in [0.3, 0.4) is 0 Å². The van der Waals surface area contributed by atoms with E-state index in [-0.39, 0.29) is 12.7 Å². The third kappa shape index (κ3) is 3.14. The molecule has 2 aromatic carbocycles. The second-order valence-corrected chi connectivity index (χ2v) is 5.69. The number of aromatic nitrogens is 2. The summed E-state index contributed by atoms with van der Waals surface area (Å²) in [4.78, 5) is 14.3.